The van der Waals surface area contributed by atoms with E-state index in [9.17, 15) is 9.59 Å². The molecule has 200 valence electrons. The van der Waals surface area contributed by atoms with Gasteiger partial charge in [0.25, 0.3) is 0 Å². The molecule has 0 unspecified atom stereocenters. The summed E-state index contributed by atoms with van der Waals surface area (Å²) in [6.07, 6.45) is 2.33. The molecule has 2 heterocycles. The molecule has 2 saturated heterocycles. The number of halogens is 2. The lowest BCUT2D eigenvalue weighted by Gasteiger charge is -2.36. The predicted molar refractivity (Wildman–Crippen MR) is 151 cm³/mol. The molecule has 0 bridgehead atoms. The third kappa shape index (κ3) is 7.70. The fourth-order valence-corrected chi connectivity index (χ4v) is 5.55. The molecule has 37 heavy (non-hydrogen) atoms. The van der Waals surface area contributed by atoms with E-state index in [1.54, 1.807) is 6.92 Å². The molecule has 0 saturated carbocycles. The standard InChI is InChI=1S/C29H38Cl2N4O2/c1-22-4-9-27(20-28(22)31)35(29(37)25-10-14-34(15-11-25)23(2)36)13-3-12-32-16-18-33(19-17-32)21-24-5-7-26(30)8-6-24/h4-9,20,25H,3,10-19,21H2,1-2H3. The van der Waals surface area contributed by atoms with Gasteiger partial charge in [-0.05, 0) is 68.1 Å². The number of anilines is 1. The summed E-state index contributed by atoms with van der Waals surface area (Å²) in [5.41, 5.74) is 3.16. The van der Waals surface area contributed by atoms with Crippen LogP contribution in [0.4, 0.5) is 5.69 Å². The van der Waals surface area contributed by atoms with Crippen molar-refractivity contribution in [3.8, 4) is 0 Å². The molecule has 2 aromatic rings. The molecule has 2 aliphatic rings. The molecule has 0 aromatic heterocycles. The van der Waals surface area contributed by atoms with E-state index in [0.29, 0.717) is 37.5 Å². The van der Waals surface area contributed by atoms with Crippen molar-refractivity contribution in [1.82, 2.24) is 14.7 Å². The number of likely N-dealkylation sites (tertiary alicyclic amines) is 1. The number of hydrogen-bond acceptors (Lipinski definition) is 4. The van der Waals surface area contributed by atoms with Gasteiger partial charge < -0.3 is 14.7 Å². The zero-order valence-corrected chi connectivity index (χ0v) is 23.5. The van der Waals surface area contributed by atoms with Gasteiger partial charge in [0.15, 0.2) is 0 Å². The van der Waals surface area contributed by atoms with E-state index in [1.165, 1.54) is 5.56 Å². The average molecular weight is 546 g/mol. The van der Waals surface area contributed by atoms with Crippen molar-refractivity contribution in [3.05, 3.63) is 63.6 Å². The van der Waals surface area contributed by atoms with E-state index in [1.807, 2.05) is 47.1 Å². The highest BCUT2D eigenvalue weighted by molar-refractivity contribution is 6.31. The van der Waals surface area contributed by atoms with Crippen LogP contribution in [0.1, 0.15) is 37.3 Å². The summed E-state index contributed by atoms with van der Waals surface area (Å²) >= 11 is 12.4. The first-order valence-electron chi connectivity index (χ1n) is 13.3. The first-order chi connectivity index (χ1) is 17.8. The number of rotatable bonds is 8. The zero-order valence-electron chi connectivity index (χ0n) is 22.0. The molecule has 0 atom stereocenters. The molecule has 2 amide bonds. The van der Waals surface area contributed by atoms with Crippen LogP contribution in [-0.4, -0.2) is 78.9 Å². The van der Waals surface area contributed by atoms with Gasteiger partial charge in [-0.3, -0.25) is 14.5 Å². The Labute approximate surface area is 231 Å². The van der Waals surface area contributed by atoms with E-state index >= 15 is 0 Å². The van der Waals surface area contributed by atoms with Crippen molar-refractivity contribution >= 4 is 40.7 Å². The van der Waals surface area contributed by atoms with E-state index in [4.69, 9.17) is 23.2 Å². The largest absolute Gasteiger partial charge is 0.343 e. The molecule has 8 heteroatoms. The molecule has 2 aliphatic heterocycles. The minimum absolute atomic E-state index is 0.0629. The SMILES string of the molecule is CC(=O)N1CCC(C(=O)N(CCCN2CCN(Cc3ccc(Cl)cc3)CC2)c2ccc(C)c(Cl)c2)CC1. The first-order valence-corrected chi connectivity index (χ1v) is 14.1. The number of amides is 2. The fourth-order valence-electron chi connectivity index (χ4n) is 5.25. The van der Waals surface area contributed by atoms with Gasteiger partial charge in [-0.1, -0.05) is 41.4 Å². The molecular formula is C29H38Cl2N4O2. The molecule has 0 aliphatic carbocycles. The Morgan fingerprint density at radius 1 is 0.919 bits per heavy atom. The van der Waals surface area contributed by atoms with Gasteiger partial charge in [0.05, 0.1) is 0 Å². The summed E-state index contributed by atoms with van der Waals surface area (Å²) < 4.78 is 0. The van der Waals surface area contributed by atoms with Crippen LogP contribution in [0.3, 0.4) is 0 Å². The van der Waals surface area contributed by atoms with Gasteiger partial charge in [0.2, 0.25) is 11.8 Å². The van der Waals surface area contributed by atoms with Crippen molar-refractivity contribution in [3.63, 3.8) is 0 Å². The Hall–Kier alpha value is -2.12. The lowest BCUT2D eigenvalue weighted by Crippen LogP contribution is -2.47. The van der Waals surface area contributed by atoms with Crippen molar-refractivity contribution in [2.45, 2.75) is 39.7 Å². The Morgan fingerprint density at radius 2 is 1.57 bits per heavy atom. The molecular weight excluding hydrogens is 507 g/mol. The highest BCUT2D eigenvalue weighted by atomic mass is 35.5. The third-order valence-electron chi connectivity index (χ3n) is 7.66. The molecule has 0 spiro atoms. The second kappa shape index (κ2) is 13.1. The predicted octanol–water partition coefficient (Wildman–Crippen LogP) is 5.10. The fraction of sp³-hybridized carbons (Fsp3) is 0.517. The summed E-state index contributed by atoms with van der Waals surface area (Å²) in [4.78, 5) is 34.1. The molecule has 4 rings (SSSR count). The van der Waals surface area contributed by atoms with Crippen molar-refractivity contribution < 1.29 is 9.59 Å². The smallest absolute Gasteiger partial charge is 0.230 e. The number of piperidine rings is 1. The molecule has 2 fully saturated rings. The van der Waals surface area contributed by atoms with E-state index in [0.717, 1.165) is 62.0 Å². The maximum Gasteiger partial charge on any atom is 0.230 e. The molecule has 0 radical (unpaired) electrons. The lowest BCUT2D eigenvalue weighted by molar-refractivity contribution is -0.133. The Kier molecular flexibility index (Phi) is 9.88. The Bertz CT molecular complexity index is 1060. The van der Waals surface area contributed by atoms with Crippen molar-refractivity contribution in [1.29, 1.82) is 0 Å². The van der Waals surface area contributed by atoms with Gasteiger partial charge in [0.1, 0.15) is 0 Å². The maximum absolute atomic E-state index is 13.6. The number of carbonyl (C=O) groups excluding carboxylic acids is 2. The van der Waals surface area contributed by atoms with Gasteiger partial charge in [-0.25, -0.2) is 0 Å². The molecule has 2 aromatic carbocycles. The van der Waals surface area contributed by atoms with E-state index in [-0.39, 0.29) is 17.7 Å². The highest BCUT2D eigenvalue weighted by Gasteiger charge is 2.30. The number of benzene rings is 2. The van der Waals surface area contributed by atoms with Gasteiger partial charge in [-0.2, -0.15) is 0 Å². The van der Waals surface area contributed by atoms with Crippen LogP contribution in [0, 0.1) is 12.8 Å². The summed E-state index contributed by atoms with van der Waals surface area (Å²) in [5, 5.41) is 1.45. The minimum atomic E-state index is -0.0629. The number of aryl methyl sites for hydroxylation is 1. The Balaban J connectivity index is 1.31. The number of carbonyl (C=O) groups is 2. The first kappa shape index (κ1) is 27.9. The van der Waals surface area contributed by atoms with Crippen LogP contribution in [0.15, 0.2) is 42.5 Å². The monoisotopic (exact) mass is 544 g/mol. The highest BCUT2D eigenvalue weighted by Crippen LogP contribution is 2.27. The number of piperazine rings is 1. The maximum atomic E-state index is 13.6. The number of hydrogen-bond donors (Lipinski definition) is 0. The summed E-state index contributed by atoms with van der Waals surface area (Å²) in [5.74, 6) is 0.171. The summed E-state index contributed by atoms with van der Waals surface area (Å²) in [7, 11) is 0. The quantitative estimate of drug-likeness (QED) is 0.463. The molecule has 0 N–H and O–H groups in total. The van der Waals surface area contributed by atoms with Crippen LogP contribution in [0.5, 0.6) is 0 Å². The van der Waals surface area contributed by atoms with Crippen LogP contribution in [0.25, 0.3) is 0 Å². The van der Waals surface area contributed by atoms with Gasteiger partial charge >= 0.3 is 0 Å². The third-order valence-corrected chi connectivity index (χ3v) is 8.32. The normalized spacial score (nSPS) is 17.7. The van der Waals surface area contributed by atoms with Crippen LogP contribution in [0.2, 0.25) is 10.0 Å². The number of nitrogens with zero attached hydrogens (tertiary/aromatic N) is 4. The Morgan fingerprint density at radius 3 is 2.19 bits per heavy atom. The zero-order chi connectivity index (χ0) is 26.4. The van der Waals surface area contributed by atoms with E-state index in [2.05, 4.69) is 21.9 Å². The second-order valence-corrected chi connectivity index (χ2v) is 11.1. The summed E-state index contributed by atoms with van der Waals surface area (Å²) in [6, 6.07) is 14.0. The van der Waals surface area contributed by atoms with Crippen LogP contribution >= 0.6 is 23.2 Å². The van der Waals surface area contributed by atoms with Crippen molar-refractivity contribution in [2.75, 3.05) is 57.3 Å². The average Bonchev–Trinajstić information content (AvgIpc) is 2.90. The van der Waals surface area contributed by atoms with Gasteiger partial charge in [-0.15, -0.1) is 0 Å². The second-order valence-electron chi connectivity index (χ2n) is 10.3. The van der Waals surface area contributed by atoms with Crippen LogP contribution in [-0.2, 0) is 16.1 Å². The van der Waals surface area contributed by atoms with Gasteiger partial charge in [0, 0.05) is 80.9 Å². The minimum Gasteiger partial charge on any atom is -0.343 e. The summed E-state index contributed by atoms with van der Waals surface area (Å²) in [6.45, 7) is 11.6. The van der Waals surface area contributed by atoms with E-state index < -0.39 is 0 Å². The lowest BCUT2D eigenvalue weighted by atomic mass is 9.94. The topological polar surface area (TPSA) is 47.1 Å². The van der Waals surface area contributed by atoms with Crippen LogP contribution < -0.4 is 4.90 Å². The van der Waals surface area contributed by atoms with Crippen molar-refractivity contribution in [2.24, 2.45) is 5.92 Å². The molecule has 6 nitrogen and oxygen atoms in total.